The van der Waals surface area contributed by atoms with E-state index >= 15 is 0 Å². The Bertz CT molecular complexity index is 632. The van der Waals surface area contributed by atoms with Gasteiger partial charge >= 0.3 is 0 Å². The van der Waals surface area contributed by atoms with Crippen LogP contribution in [0.25, 0.3) is 0 Å². The quantitative estimate of drug-likeness (QED) is 0.763. The topological polar surface area (TPSA) is 20.3 Å². The maximum Gasteiger partial charge on any atom is 0.240 e. The summed E-state index contributed by atoms with van der Waals surface area (Å²) in [6.45, 7) is 3.90. The third-order valence-corrected chi connectivity index (χ3v) is 6.27. The molecule has 2 atom stereocenters. The van der Waals surface area contributed by atoms with Gasteiger partial charge in [0.15, 0.2) is 0 Å². The van der Waals surface area contributed by atoms with Crippen LogP contribution in [0.5, 0.6) is 0 Å². The minimum absolute atomic E-state index is 0.172. The van der Waals surface area contributed by atoms with Crippen molar-refractivity contribution in [2.75, 3.05) is 18.8 Å². The summed E-state index contributed by atoms with van der Waals surface area (Å²) in [5.41, 5.74) is 1.08. The van der Waals surface area contributed by atoms with Gasteiger partial charge in [-0.1, -0.05) is 55.5 Å². The molecule has 1 aliphatic heterocycles. The van der Waals surface area contributed by atoms with Gasteiger partial charge in [0.05, 0.1) is 0 Å². The zero-order valence-corrected chi connectivity index (χ0v) is 14.9. The second kappa shape index (κ2) is 7.93. The largest absolute Gasteiger partial charge is 0.340 e. The van der Waals surface area contributed by atoms with Gasteiger partial charge in [-0.3, -0.25) is 4.79 Å². The van der Waals surface area contributed by atoms with Gasteiger partial charge in [-0.05, 0) is 17.7 Å². The predicted octanol–water partition coefficient (Wildman–Crippen LogP) is 4.48. The minimum Gasteiger partial charge on any atom is -0.340 e. The maximum absolute atomic E-state index is 13.1. The number of thioether (sulfide) groups is 2. The van der Waals surface area contributed by atoms with E-state index in [0.717, 1.165) is 29.3 Å². The fraction of sp³-hybridized carbons (Fsp3) is 0.316. The van der Waals surface area contributed by atoms with Crippen molar-refractivity contribution in [2.45, 2.75) is 22.3 Å². The lowest BCUT2D eigenvalue weighted by atomic mass is 10.1. The van der Waals surface area contributed by atoms with Crippen molar-refractivity contribution in [1.29, 1.82) is 0 Å². The second-order valence-electron chi connectivity index (χ2n) is 5.69. The van der Waals surface area contributed by atoms with E-state index < -0.39 is 0 Å². The van der Waals surface area contributed by atoms with Crippen LogP contribution in [0.3, 0.4) is 0 Å². The molecule has 0 bridgehead atoms. The first kappa shape index (κ1) is 16.5. The molecule has 1 fully saturated rings. The molecule has 2 unspecified atom stereocenters. The van der Waals surface area contributed by atoms with Crippen LogP contribution in [0, 0.1) is 0 Å². The summed E-state index contributed by atoms with van der Waals surface area (Å²) in [5.74, 6) is 1.27. The van der Waals surface area contributed by atoms with E-state index in [-0.39, 0.29) is 11.2 Å². The smallest absolute Gasteiger partial charge is 0.240 e. The number of rotatable bonds is 4. The third kappa shape index (κ3) is 4.33. The van der Waals surface area contributed by atoms with Gasteiger partial charge in [0.1, 0.15) is 5.25 Å². The van der Waals surface area contributed by atoms with Crippen molar-refractivity contribution < 1.29 is 4.79 Å². The van der Waals surface area contributed by atoms with Crippen molar-refractivity contribution in [3.63, 3.8) is 0 Å². The van der Waals surface area contributed by atoms with E-state index in [4.69, 9.17) is 0 Å². The lowest BCUT2D eigenvalue weighted by Gasteiger charge is -2.33. The lowest BCUT2D eigenvalue weighted by molar-refractivity contribution is -0.130. The number of benzene rings is 2. The number of carbonyl (C=O) groups is 1. The molecule has 0 spiro atoms. The van der Waals surface area contributed by atoms with E-state index in [2.05, 4.69) is 31.2 Å². The zero-order chi connectivity index (χ0) is 16.1. The molecule has 4 heteroatoms. The van der Waals surface area contributed by atoms with Crippen LogP contribution in [-0.2, 0) is 4.79 Å². The first-order chi connectivity index (χ1) is 11.2. The van der Waals surface area contributed by atoms with Gasteiger partial charge in [-0.15, -0.1) is 11.8 Å². The number of amides is 1. The number of hydrogen-bond donors (Lipinski definition) is 0. The molecule has 0 aliphatic carbocycles. The van der Waals surface area contributed by atoms with Crippen molar-refractivity contribution in [2.24, 2.45) is 0 Å². The highest BCUT2D eigenvalue weighted by Gasteiger charge is 2.29. The summed E-state index contributed by atoms with van der Waals surface area (Å²) in [6, 6.07) is 20.3. The Balaban J connectivity index is 1.84. The van der Waals surface area contributed by atoms with Gasteiger partial charge in [-0.2, -0.15) is 11.8 Å². The molecule has 1 amide bonds. The van der Waals surface area contributed by atoms with E-state index in [1.807, 2.05) is 53.1 Å². The van der Waals surface area contributed by atoms with Crippen LogP contribution in [-0.4, -0.2) is 34.9 Å². The van der Waals surface area contributed by atoms with Gasteiger partial charge in [-0.25, -0.2) is 0 Å². The van der Waals surface area contributed by atoms with Gasteiger partial charge in [0.2, 0.25) is 5.91 Å². The minimum atomic E-state index is -0.172. The molecule has 0 N–H and O–H groups in total. The molecule has 0 radical (unpaired) electrons. The van der Waals surface area contributed by atoms with Crippen LogP contribution < -0.4 is 0 Å². The first-order valence-electron chi connectivity index (χ1n) is 7.91. The zero-order valence-electron chi connectivity index (χ0n) is 13.2. The molecule has 1 aliphatic rings. The normalized spacial score (nSPS) is 19.3. The molecule has 2 nitrogen and oxygen atoms in total. The average Bonchev–Trinajstić information content (AvgIpc) is 2.61. The highest BCUT2D eigenvalue weighted by Crippen LogP contribution is 2.37. The summed E-state index contributed by atoms with van der Waals surface area (Å²) < 4.78 is 0. The Morgan fingerprint density at radius 3 is 2.43 bits per heavy atom. The fourth-order valence-corrected chi connectivity index (χ4v) is 4.85. The van der Waals surface area contributed by atoms with E-state index in [9.17, 15) is 4.79 Å². The summed E-state index contributed by atoms with van der Waals surface area (Å²) in [4.78, 5) is 16.3. The first-order valence-corrected chi connectivity index (χ1v) is 9.84. The summed E-state index contributed by atoms with van der Waals surface area (Å²) in [6.07, 6.45) is 0. The molecule has 23 heavy (non-hydrogen) atoms. The van der Waals surface area contributed by atoms with Gasteiger partial charge < -0.3 is 4.90 Å². The molecule has 0 aromatic heterocycles. The molecule has 120 valence electrons. The average molecular weight is 344 g/mol. The number of carbonyl (C=O) groups excluding carboxylic acids is 1. The van der Waals surface area contributed by atoms with Crippen molar-refractivity contribution in [3.8, 4) is 0 Å². The fourth-order valence-electron chi connectivity index (χ4n) is 2.71. The third-order valence-electron chi connectivity index (χ3n) is 3.88. The van der Waals surface area contributed by atoms with E-state index in [1.165, 1.54) is 0 Å². The van der Waals surface area contributed by atoms with Crippen LogP contribution in [0.4, 0.5) is 0 Å². The molecule has 3 rings (SSSR count). The Labute approximate surface area is 146 Å². The Kier molecular flexibility index (Phi) is 5.68. The van der Waals surface area contributed by atoms with Crippen molar-refractivity contribution >= 4 is 29.4 Å². The second-order valence-corrected chi connectivity index (χ2v) is 8.41. The van der Waals surface area contributed by atoms with E-state index in [0.29, 0.717) is 5.25 Å². The van der Waals surface area contributed by atoms with Crippen LogP contribution in [0.2, 0.25) is 0 Å². The lowest BCUT2D eigenvalue weighted by Crippen LogP contribution is -2.42. The highest BCUT2D eigenvalue weighted by molar-refractivity contribution is 8.00. The van der Waals surface area contributed by atoms with E-state index in [1.54, 1.807) is 11.8 Å². The molecule has 1 heterocycles. The van der Waals surface area contributed by atoms with Gasteiger partial charge in [0, 0.05) is 29.0 Å². The Hall–Kier alpha value is -1.39. The maximum atomic E-state index is 13.1. The standard InChI is InChI=1S/C19H21NOS2/c1-15-14-20(12-13-22-15)19(21)18(16-8-4-2-5-9-16)23-17-10-6-3-7-11-17/h2-11,15,18H,12-14H2,1H3. The van der Waals surface area contributed by atoms with Gasteiger partial charge in [0.25, 0.3) is 0 Å². The van der Waals surface area contributed by atoms with Crippen molar-refractivity contribution in [1.82, 2.24) is 4.90 Å². The molecular formula is C19H21NOS2. The number of nitrogens with zero attached hydrogens (tertiary/aromatic N) is 1. The molecular weight excluding hydrogens is 322 g/mol. The Morgan fingerprint density at radius 2 is 1.78 bits per heavy atom. The summed E-state index contributed by atoms with van der Waals surface area (Å²) in [5, 5.41) is 0.347. The number of hydrogen-bond acceptors (Lipinski definition) is 3. The monoisotopic (exact) mass is 343 g/mol. The summed E-state index contributed by atoms with van der Waals surface area (Å²) >= 11 is 3.60. The van der Waals surface area contributed by atoms with Crippen LogP contribution >= 0.6 is 23.5 Å². The van der Waals surface area contributed by atoms with Crippen LogP contribution in [0.1, 0.15) is 17.7 Å². The van der Waals surface area contributed by atoms with Crippen molar-refractivity contribution in [3.05, 3.63) is 66.2 Å². The molecule has 1 saturated heterocycles. The Morgan fingerprint density at radius 1 is 1.13 bits per heavy atom. The summed E-state index contributed by atoms with van der Waals surface area (Å²) in [7, 11) is 0. The molecule has 2 aromatic rings. The predicted molar refractivity (Wildman–Crippen MR) is 100.0 cm³/mol. The highest BCUT2D eigenvalue weighted by atomic mass is 32.2. The van der Waals surface area contributed by atoms with Crippen LogP contribution in [0.15, 0.2) is 65.6 Å². The SMILES string of the molecule is CC1CN(C(=O)C(Sc2ccccc2)c2ccccc2)CCS1. The molecule has 2 aromatic carbocycles. The molecule has 0 saturated carbocycles.